The minimum atomic E-state index is -0.0919. The van der Waals surface area contributed by atoms with Gasteiger partial charge in [-0.15, -0.1) is 0 Å². The fourth-order valence-corrected chi connectivity index (χ4v) is 4.46. The summed E-state index contributed by atoms with van der Waals surface area (Å²) in [7, 11) is 0. The van der Waals surface area contributed by atoms with Crippen LogP contribution in [0, 0.1) is 13.8 Å². The van der Waals surface area contributed by atoms with Crippen LogP contribution in [0.3, 0.4) is 0 Å². The Balaban J connectivity index is 1.85. The molecule has 1 atom stereocenters. The molecule has 7 heteroatoms. The molecule has 146 valence electrons. The number of halogens is 1. The van der Waals surface area contributed by atoms with Crippen molar-refractivity contribution in [3.05, 3.63) is 62.9 Å². The Labute approximate surface area is 172 Å². The van der Waals surface area contributed by atoms with Crippen LogP contribution in [0.25, 0.3) is 16.6 Å². The largest absolute Gasteiger partial charge is 0.355 e. The zero-order chi connectivity index (χ0) is 19.7. The first-order valence-corrected chi connectivity index (χ1v) is 10.5. The van der Waals surface area contributed by atoms with Crippen molar-refractivity contribution in [1.29, 1.82) is 0 Å². The zero-order valence-corrected chi connectivity index (χ0v) is 17.3. The van der Waals surface area contributed by atoms with Gasteiger partial charge in [0.2, 0.25) is 0 Å². The number of nitrogens with zero attached hydrogens (tertiary/aromatic N) is 2. The van der Waals surface area contributed by atoms with Crippen molar-refractivity contribution in [3.63, 3.8) is 0 Å². The lowest BCUT2D eigenvalue weighted by Gasteiger charge is -2.23. The van der Waals surface area contributed by atoms with Crippen LogP contribution < -0.4 is 5.56 Å². The summed E-state index contributed by atoms with van der Waals surface area (Å²) in [6.45, 7) is 5.07. The lowest BCUT2D eigenvalue weighted by molar-refractivity contribution is -0.130. The van der Waals surface area contributed by atoms with Gasteiger partial charge < -0.3 is 9.47 Å². The second kappa shape index (κ2) is 8.25. The average Bonchev–Trinajstić information content (AvgIpc) is 2.70. The van der Waals surface area contributed by atoms with Crippen LogP contribution in [0.4, 0.5) is 0 Å². The van der Waals surface area contributed by atoms with Gasteiger partial charge in [-0.1, -0.05) is 35.5 Å². The first kappa shape index (κ1) is 19.5. The second-order valence-corrected chi connectivity index (χ2v) is 8.25. The van der Waals surface area contributed by atoms with Crippen LogP contribution in [0.2, 0.25) is 5.02 Å². The molecule has 0 unspecified atom stereocenters. The maximum absolute atomic E-state index is 13.4. The van der Waals surface area contributed by atoms with Crippen LogP contribution in [0.5, 0.6) is 0 Å². The predicted molar refractivity (Wildman–Crippen MR) is 113 cm³/mol. The summed E-state index contributed by atoms with van der Waals surface area (Å²) in [5, 5.41) is 1.76. The first-order valence-electron chi connectivity index (χ1n) is 9.15. The second-order valence-electron chi connectivity index (χ2n) is 6.83. The Kier molecular flexibility index (Phi) is 5.73. The van der Waals surface area contributed by atoms with Gasteiger partial charge in [0.25, 0.3) is 5.56 Å². The summed E-state index contributed by atoms with van der Waals surface area (Å²) in [5.41, 5.74) is 3.55. The fraction of sp³-hybridized carbons (Fsp3) is 0.333. The quantitative estimate of drug-likeness (QED) is 0.462. The molecule has 1 aromatic heterocycles. The van der Waals surface area contributed by atoms with Gasteiger partial charge in [-0.2, -0.15) is 0 Å². The number of hydrogen-bond donors (Lipinski definition) is 0. The fourth-order valence-electron chi connectivity index (χ4n) is 3.23. The number of fused-ring (bicyclic) bond motifs is 1. The predicted octanol–water partition coefficient (Wildman–Crippen LogP) is 4.51. The molecular formula is C21H21ClN2O3S. The Morgan fingerprint density at radius 3 is 2.93 bits per heavy atom. The van der Waals surface area contributed by atoms with Crippen molar-refractivity contribution in [1.82, 2.24) is 9.55 Å². The highest BCUT2D eigenvalue weighted by Crippen LogP contribution is 2.27. The maximum atomic E-state index is 13.4. The van der Waals surface area contributed by atoms with E-state index in [4.69, 9.17) is 26.1 Å². The van der Waals surface area contributed by atoms with Crippen molar-refractivity contribution in [2.75, 3.05) is 19.2 Å². The molecule has 1 saturated heterocycles. The van der Waals surface area contributed by atoms with Gasteiger partial charge in [-0.3, -0.25) is 9.36 Å². The van der Waals surface area contributed by atoms with Gasteiger partial charge in [-0.25, -0.2) is 4.98 Å². The lowest BCUT2D eigenvalue weighted by Crippen LogP contribution is -2.27. The van der Waals surface area contributed by atoms with E-state index in [1.54, 1.807) is 22.8 Å². The molecular weight excluding hydrogens is 396 g/mol. The van der Waals surface area contributed by atoms with Gasteiger partial charge in [0, 0.05) is 10.8 Å². The number of ether oxygens (including phenoxy) is 2. The third kappa shape index (κ3) is 3.82. The molecule has 1 fully saturated rings. The topological polar surface area (TPSA) is 53.4 Å². The van der Waals surface area contributed by atoms with Crippen molar-refractivity contribution < 1.29 is 9.47 Å². The van der Waals surface area contributed by atoms with E-state index in [-0.39, 0.29) is 11.7 Å². The van der Waals surface area contributed by atoms with E-state index in [0.717, 1.165) is 23.2 Å². The van der Waals surface area contributed by atoms with Gasteiger partial charge >= 0.3 is 0 Å². The van der Waals surface area contributed by atoms with E-state index in [1.165, 1.54) is 11.8 Å². The van der Waals surface area contributed by atoms with E-state index >= 15 is 0 Å². The van der Waals surface area contributed by atoms with Crippen molar-refractivity contribution in [2.24, 2.45) is 0 Å². The van der Waals surface area contributed by atoms with Gasteiger partial charge in [0.15, 0.2) is 5.16 Å². The third-order valence-electron chi connectivity index (χ3n) is 4.99. The third-order valence-corrected chi connectivity index (χ3v) is 6.29. The van der Waals surface area contributed by atoms with Crippen LogP contribution in [0.15, 0.2) is 46.3 Å². The summed E-state index contributed by atoms with van der Waals surface area (Å²) >= 11 is 7.66. The zero-order valence-electron chi connectivity index (χ0n) is 15.8. The van der Waals surface area contributed by atoms with Gasteiger partial charge in [0.05, 0.1) is 29.3 Å². The highest BCUT2D eigenvalue weighted by atomic mass is 35.5. The molecule has 1 aliphatic rings. The van der Waals surface area contributed by atoms with Crippen LogP contribution >= 0.6 is 23.4 Å². The first-order chi connectivity index (χ1) is 13.5. The Morgan fingerprint density at radius 1 is 1.29 bits per heavy atom. The minimum absolute atomic E-state index is 0.0813. The van der Waals surface area contributed by atoms with Crippen molar-refractivity contribution >= 4 is 34.3 Å². The smallest absolute Gasteiger partial charge is 0.266 e. The van der Waals surface area contributed by atoms with Gasteiger partial charge in [0.1, 0.15) is 6.79 Å². The Hall–Kier alpha value is -1.86. The van der Waals surface area contributed by atoms with Crippen LogP contribution in [0.1, 0.15) is 17.5 Å². The molecule has 1 aliphatic heterocycles. The van der Waals surface area contributed by atoms with Crippen molar-refractivity contribution in [3.8, 4) is 5.69 Å². The van der Waals surface area contributed by atoms with Gasteiger partial charge in [-0.05, 0) is 55.7 Å². The van der Waals surface area contributed by atoms with E-state index < -0.39 is 0 Å². The Bertz CT molecular complexity index is 1080. The molecule has 0 N–H and O–H groups in total. The molecule has 0 radical (unpaired) electrons. The molecule has 0 spiro atoms. The Morgan fingerprint density at radius 2 is 2.14 bits per heavy atom. The summed E-state index contributed by atoms with van der Waals surface area (Å²) in [6.07, 6.45) is 0.915. The SMILES string of the molecule is Cc1cccc(-n2c(SC[C@H]3CCOCO3)nc3cc(Cl)ccc3c2=O)c1C. The average molecular weight is 417 g/mol. The molecule has 0 saturated carbocycles. The summed E-state index contributed by atoms with van der Waals surface area (Å²) < 4.78 is 12.6. The molecule has 5 nitrogen and oxygen atoms in total. The molecule has 0 bridgehead atoms. The normalized spacial score (nSPS) is 17.2. The summed E-state index contributed by atoms with van der Waals surface area (Å²) in [6, 6.07) is 11.2. The van der Waals surface area contributed by atoms with E-state index in [2.05, 4.69) is 0 Å². The van der Waals surface area contributed by atoms with Crippen LogP contribution in [-0.2, 0) is 9.47 Å². The summed E-state index contributed by atoms with van der Waals surface area (Å²) in [5.74, 6) is 0.701. The highest BCUT2D eigenvalue weighted by Gasteiger charge is 2.19. The number of thioether (sulfide) groups is 1. The van der Waals surface area contributed by atoms with E-state index in [9.17, 15) is 4.79 Å². The molecule has 3 aromatic rings. The lowest BCUT2D eigenvalue weighted by atomic mass is 10.1. The molecule has 28 heavy (non-hydrogen) atoms. The van der Waals surface area contributed by atoms with E-state index in [0.29, 0.717) is 40.2 Å². The maximum Gasteiger partial charge on any atom is 0.266 e. The van der Waals surface area contributed by atoms with E-state index in [1.807, 2.05) is 32.0 Å². The number of aryl methyl sites for hydroxylation is 1. The number of rotatable bonds is 4. The summed E-state index contributed by atoms with van der Waals surface area (Å²) in [4.78, 5) is 18.2. The number of hydrogen-bond acceptors (Lipinski definition) is 5. The molecule has 2 aromatic carbocycles. The molecule has 0 amide bonds. The molecule has 0 aliphatic carbocycles. The number of benzene rings is 2. The molecule has 4 rings (SSSR count). The monoisotopic (exact) mass is 416 g/mol. The van der Waals surface area contributed by atoms with Crippen LogP contribution in [-0.4, -0.2) is 34.8 Å². The van der Waals surface area contributed by atoms with Crippen molar-refractivity contribution in [2.45, 2.75) is 31.5 Å². The molecule has 2 heterocycles. The highest BCUT2D eigenvalue weighted by molar-refractivity contribution is 7.99. The standard InChI is InChI=1S/C21H21ClN2O3S/c1-13-4-3-5-19(14(13)2)24-20(25)17-7-6-15(22)10-18(17)23-21(24)28-11-16-8-9-26-12-27-16/h3-7,10,16H,8-9,11-12H2,1-2H3/t16-/m1/s1. The number of aromatic nitrogens is 2. The minimum Gasteiger partial charge on any atom is -0.355 e.